The summed E-state index contributed by atoms with van der Waals surface area (Å²) in [6, 6.07) is 7.45. The maximum absolute atomic E-state index is 11.2. The van der Waals surface area contributed by atoms with E-state index in [9.17, 15) is 4.79 Å². The smallest absolute Gasteiger partial charge is 0.357 e. The molecule has 2 heterocycles. The Balaban J connectivity index is 2.15. The Morgan fingerprint density at radius 3 is 2.42 bits per heavy atom. The number of piperidine rings is 1. The van der Waals surface area contributed by atoms with Crippen molar-refractivity contribution in [3.63, 3.8) is 0 Å². The molecule has 5 nitrogen and oxygen atoms in total. The van der Waals surface area contributed by atoms with E-state index in [1.54, 1.807) is 6.07 Å². The lowest BCUT2D eigenvalue weighted by atomic mass is 10.1. The summed E-state index contributed by atoms with van der Waals surface area (Å²) < 4.78 is 0. The van der Waals surface area contributed by atoms with Crippen LogP contribution in [0.5, 0.6) is 0 Å². The number of benzene rings is 1. The molecule has 0 bridgehead atoms. The van der Waals surface area contributed by atoms with Gasteiger partial charge in [0.15, 0.2) is 11.5 Å². The van der Waals surface area contributed by atoms with E-state index >= 15 is 0 Å². The highest BCUT2D eigenvalue weighted by atomic mass is 16.4. The second kappa shape index (κ2) is 4.84. The highest BCUT2D eigenvalue weighted by molar-refractivity contribution is 6.04. The summed E-state index contributed by atoms with van der Waals surface area (Å²) in [6.07, 6.45) is 3.54. The minimum Gasteiger partial charge on any atom is -0.476 e. The summed E-state index contributed by atoms with van der Waals surface area (Å²) in [5.74, 6) is -0.228. The molecule has 1 aliphatic rings. The van der Waals surface area contributed by atoms with Crippen molar-refractivity contribution in [2.24, 2.45) is 0 Å². The van der Waals surface area contributed by atoms with Crippen LogP contribution < -0.4 is 4.90 Å². The largest absolute Gasteiger partial charge is 0.476 e. The van der Waals surface area contributed by atoms with Gasteiger partial charge in [-0.15, -0.1) is 10.2 Å². The first-order chi connectivity index (χ1) is 9.27. The first-order valence-corrected chi connectivity index (χ1v) is 6.51. The van der Waals surface area contributed by atoms with Gasteiger partial charge in [-0.2, -0.15) is 0 Å². The zero-order valence-corrected chi connectivity index (χ0v) is 10.5. The van der Waals surface area contributed by atoms with E-state index in [0.29, 0.717) is 5.39 Å². The predicted molar refractivity (Wildman–Crippen MR) is 72.6 cm³/mol. The Morgan fingerprint density at radius 2 is 1.74 bits per heavy atom. The maximum atomic E-state index is 11.2. The van der Waals surface area contributed by atoms with E-state index in [2.05, 4.69) is 15.1 Å². The van der Waals surface area contributed by atoms with Crippen molar-refractivity contribution in [1.82, 2.24) is 10.2 Å². The zero-order chi connectivity index (χ0) is 13.2. The van der Waals surface area contributed by atoms with Crippen LogP contribution in [-0.4, -0.2) is 34.4 Å². The number of aromatic nitrogens is 2. The van der Waals surface area contributed by atoms with Crippen LogP contribution in [0.4, 0.5) is 5.82 Å². The summed E-state index contributed by atoms with van der Waals surface area (Å²) in [4.78, 5) is 13.4. The molecule has 0 spiro atoms. The van der Waals surface area contributed by atoms with Crippen LogP contribution in [0.2, 0.25) is 0 Å². The lowest BCUT2D eigenvalue weighted by Gasteiger charge is -2.28. The Hall–Kier alpha value is -2.17. The number of carboxylic acid groups (broad SMARTS) is 1. The van der Waals surface area contributed by atoms with Gasteiger partial charge in [-0.1, -0.05) is 24.3 Å². The lowest BCUT2D eigenvalue weighted by Crippen LogP contribution is -2.30. The molecule has 1 saturated heterocycles. The lowest BCUT2D eigenvalue weighted by molar-refractivity contribution is 0.0691. The van der Waals surface area contributed by atoms with E-state index in [1.807, 2.05) is 18.2 Å². The van der Waals surface area contributed by atoms with Gasteiger partial charge in [-0.3, -0.25) is 0 Å². The van der Waals surface area contributed by atoms with Crippen LogP contribution in [0, 0.1) is 0 Å². The fraction of sp³-hybridized carbons (Fsp3) is 0.357. The number of nitrogens with zero attached hydrogens (tertiary/aromatic N) is 3. The number of anilines is 1. The molecule has 1 fully saturated rings. The SMILES string of the molecule is O=C(O)c1nnc(N2CCCCC2)c2ccccc12. The van der Waals surface area contributed by atoms with E-state index in [4.69, 9.17) is 5.11 Å². The minimum absolute atomic E-state index is 0.0244. The Kier molecular flexibility index (Phi) is 3.03. The minimum atomic E-state index is -1.03. The third-order valence-electron chi connectivity index (χ3n) is 3.53. The third kappa shape index (κ3) is 2.12. The summed E-state index contributed by atoms with van der Waals surface area (Å²) in [5.41, 5.74) is 0.0244. The van der Waals surface area contributed by atoms with Crippen LogP contribution in [0.25, 0.3) is 10.8 Å². The van der Waals surface area contributed by atoms with Crippen LogP contribution in [0.3, 0.4) is 0 Å². The molecule has 0 radical (unpaired) electrons. The molecule has 98 valence electrons. The van der Waals surface area contributed by atoms with Crippen LogP contribution in [-0.2, 0) is 0 Å². The van der Waals surface area contributed by atoms with Crippen molar-refractivity contribution in [3.05, 3.63) is 30.0 Å². The average Bonchev–Trinajstić information content (AvgIpc) is 2.47. The van der Waals surface area contributed by atoms with E-state index in [-0.39, 0.29) is 5.69 Å². The molecule has 0 atom stereocenters. The van der Waals surface area contributed by atoms with Gasteiger partial charge in [0.25, 0.3) is 0 Å². The predicted octanol–water partition coefficient (Wildman–Crippen LogP) is 2.32. The molecule has 1 N–H and O–H groups in total. The number of hydrogen-bond donors (Lipinski definition) is 1. The van der Waals surface area contributed by atoms with Gasteiger partial charge < -0.3 is 10.0 Å². The summed E-state index contributed by atoms with van der Waals surface area (Å²) in [6.45, 7) is 1.93. The molecule has 0 amide bonds. The van der Waals surface area contributed by atoms with Gasteiger partial charge in [-0.05, 0) is 19.3 Å². The molecule has 19 heavy (non-hydrogen) atoms. The topological polar surface area (TPSA) is 66.3 Å². The van der Waals surface area contributed by atoms with Crippen molar-refractivity contribution < 1.29 is 9.90 Å². The van der Waals surface area contributed by atoms with E-state index < -0.39 is 5.97 Å². The third-order valence-corrected chi connectivity index (χ3v) is 3.53. The second-order valence-corrected chi connectivity index (χ2v) is 4.77. The first kappa shape index (κ1) is 11.9. The molecule has 0 unspecified atom stereocenters. The molecule has 0 aliphatic carbocycles. The van der Waals surface area contributed by atoms with Crippen molar-refractivity contribution in [1.29, 1.82) is 0 Å². The molecular weight excluding hydrogens is 242 g/mol. The van der Waals surface area contributed by atoms with Gasteiger partial charge in [-0.25, -0.2) is 4.79 Å². The van der Waals surface area contributed by atoms with Gasteiger partial charge in [0.1, 0.15) is 0 Å². The zero-order valence-electron chi connectivity index (χ0n) is 10.5. The van der Waals surface area contributed by atoms with Crippen molar-refractivity contribution in [2.75, 3.05) is 18.0 Å². The Labute approximate surface area is 110 Å². The maximum Gasteiger partial charge on any atom is 0.357 e. The fourth-order valence-corrected chi connectivity index (χ4v) is 2.59. The first-order valence-electron chi connectivity index (χ1n) is 6.51. The van der Waals surface area contributed by atoms with Crippen molar-refractivity contribution in [3.8, 4) is 0 Å². The number of carbonyl (C=O) groups is 1. The van der Waals surface area contributed by atoms with Gasteiger partial charge in [0, 0.05) is 23.9 Å². The highest BCUT2D eigenvalue weighted by Gasteiger charge is 2.19. The summed E-state index contributed by atoms with van der Waals surface area (Å²) in [7, 11) is 0. The summed E-state index contributed by atoms with van der Waals surface area (Å²) >= 11 is 0. The molecule has 1 aromatic heterocycles. The van der Waals surface area contributed by atoms with E-state index in [1.165, 1.54) is 6.42 Å². The normalized spacial score (nSPS) is 15.7. The number of rotatable bonds is 2. The number of carboxylic acids is 1. The highest BCUT2D eigenvalue weighted by Crippen LogP contribution is 2.27. The fourth-order valence-electron chi connectivity index (χ4n) is 2.59. The van der Waals surface area contributed by atoms with E-state index in [0.717, 1.165) is 37.1 Å². The molecular formula is C14H15N3O2. The van der Waals surface area contributed by atoms with Crippen molar-refractivity contribution in [2.45, 2.75) is 19.3 Å². The second-order valence-electron chi connectivity index (χ2n) is 4.77. The quantitative estimate of drug-likeness (QED) is 0.894. The molecule has 0 saturated carbocycles. The van der Waals surface area contributed by atoms with Crippen molar-refractivity contribution >= 4 is 22.6 Å². The molecule has 2 aromatic rings. The summed E-state index contributed by atoms with van der Waals surface area (Å²) in [5, 5.41) is 18.7. The molecule has 1 aromatic carbocycles. The van der Waals surface area contributed by atoms with Gasteiger partial charge in [0.05, 0.1) is 0 Å². The Bertz CT molecular complexity index is 621. The molecule has 1 aliphatic heterocycles. The number of hydrogen-bond acceptors (Lipinski definition) is 4. The van der Waals surface area contributed by atoms with Gasteiger partial charge in [0.2, 0.25) is 0 Å². The number of fused-ring (bicyclic) bond motifs is 1. The van der Waals surface area contributed by atoms with Crippen LogP contribution in [0.1, 0.15) is 29.8 Å². The number of aromatic carboxylic acids is 1. The monoisotopic (exact) mass is 257 g/mol. The van der Waals surface area contributed by atoms with Crippen LogP contribution >= 0.6 is 0 Å². The van der Waals surface area contributed by atoms with Crippen LogP contribution in [0.15, 0.2) is 24.3 Å². The average molecular weight is 257 g/mol. The van der Waals surface area contributed by atoms with Gasteiger partial charge >= 0.3 is 5.97 Å². The molecule has 5 heteroatoms. The standard InChI is InChI=1S/C14H15N3O2/c18-14(19)12-10-6-2-3-7-11(10)13(16-15-12)17-8-4-1-5-9-17/h2-3,6-7H,1,4-5,8-9H2,(H,18,19). The Morgan fingerprint density at radius 1 is 1.05 bits per heavy atom. The molecule has 3 rings (SSSR count).